The van der Waals surface area contributed by atoms with E-state index in [0.717, 1.165) is 23.0 Å². The maximum Gasteiger partial charge on any atom is 0.155 e. The Hall–Kier alpha value is -2.63. The smallest absolute Gasteiger partial charge is 0.155 e. The SMILES string of the molecule is CC(C)Cn1c(/C=N/O)nc2c(N)nc3ccccc3c21. The second-order valence-electron chi connectivity index (χ2n) is 5.43. The largest absolute Gasteiger partial charge is 0.411 e. The number of fused-ring (bicyclic) bond motifs is 3. The van der Waals surface area contributed by atoms with Crippen molar-refractivity contribution in [1.82, 2.24) is 14.5 Å². The molecule has 0 saturated heterocycles. The molecular weight excluding hydrogens is 266 g/mol. The highest BCUT2D eigenvalue weighted by Crippen LogP contribution is 2.28. The standard InChI is InChI=1S/C15H17N5O/c1-9(2)8-20-12(7-17-21)19-13-14(20)10-5-3-4-6-11(10)18-15(13)16/h3-7,9,21H,8H2,1-2H3,(H2,16,18)/b17-7+. The molecule has 0 aliphatic rings. The van der Waals surface area contributed by atoms with Gasteiger partial charge >= 0.3 is 0 Å². The third kappa shape index (κ3) is 2.18. The van der Waals surface area contributed by atoms with E-state index in [1.54, 1.807) is 0 Å². The first-order chi connectivity index (χ1) is 10.1. The van der Waals surface area contributed by atoms with Gasteiger partial charge in [0.15, 0.2) is 11.6 Å². The summed E-state index contributed by atoms with van der Waals surface area (Å²) >= 11 is 0. The van der Waals surface area contributed by atoms with Crippen LogP contribution < -0.4 is 5.73 Å². The second kappa shape index (κ2) is 5.05. The van der Waals surface area contributed by atoms with Gasteiger partial charge in [-0.05, 0) is 12.0 Å². The van der Waals surface area contributed by atoms with Crippen molar-refractivity contribution in [1.29, 1.82) is 0 Å². The first-order valence-electron chi connectivity index (χ1n) is 6.83. The zero-order valence-electron chi connectivity index (χ0n) is 12.0. The molecule has 0 spiro atoms. The lowest BCUT2D eigenvalue weighted by molar-refractivity contribution is 0.321. The Balaban J connectivity index is 2.45. The molecule has 0 aliphatic carbocycles. The van der Waals surface area contributed by atoms with Crippen LogP contribution in [0.4, 0.5) is 5.82 Å². The van der Waals surface area contributed by atoms with Gasteiger partial charge in [0.1, 0.15) is 11.7 Å². The van der Waals surface area contributed by atoms with Crippen LogP contribution in [0.3, 0.4) is 0 Å². The molecule has 0 fully saturated rings. The van der Waals surface area contributed by atoms with Gasteiger partial charge in [-0.3, -0.25) is 0 Å². The zero-order chi connectivity index (χ0) is 15.0. The van der Waals surface area contributed by atoms with Gasteiger partial charge in [0.25, 0.3) is 0 Å². The molecule has 0 bridgehead atoms. The van der Waals surface area contributed by atoms with E-state index in [4.69, 9.17) is 10.9 Å². The minimum atomic E-state index is 0.388. The lowest BCUT2D eigenvalue weighted by atomic mass is 10.1. The number of nitrogens with zero attached hydrogens (tertiary/aromatic N) is 4. The summed E-state index contributed by atoms with van der Waals surface area (Å²) in [5, 5.41) is 13.0. The average molecular weight is 283 g/mol. The zero-order valence-corrected chi connectivity index (χ0v) is 12.0. The van der Waals surface area contributed by atoms with Crippen molar-refractivity contribution in [2.24, 2.45) is 11.1 Å². The molecule has 2 heterocycles. The fourth-order valence-corrected chi connectivity index (χ4v) is 2.58. The summed E-state index contributed by atoms with van der Waals surface area (Å²) in [6.45, 7) is 5.00. The van der Waals surface area contributed by atoms with E-state index < -0.39 is 0 Å². The molecule has 6 heteroatoms. The van der Waals surface area contributed by atoms with Gasteiger partial charge in [-0.2, -0.15) is 0 Å². The van der Waals surface area contributed by atoms with Gasteiger partial charge in [-0.15, -0.1) is 0 Å². The van der Waals surface area contributed by atoms with Crippen molar-refractivity contribution in [2.75, 3.05) is 5.73 Å². The number of oxime groups is 1. The minimum Gasteiger partial charge on any atom is -0.411 e. The molecule has 0 saturated carbocycles. The number of pyridine rings is 1. The topological polar surface area (TPSA) is 89.3 Å². The molecule has 0 aliphatic heterocycles. The predicted octanol–water partition coefficient (Wildman–Crippen LogP) is 2.63. The summed E-state index contributed by atoms with van der Waals surface area (Å²) in [5.74, 6) is 1.38. The van der Waals surface area contributed by atoms with Gasteiger partial charge in [0, 0.05) is 11.9 Å². The summed E-state index contributed by atoms with van der Waals surface area (Å²) in [5.41, 5.74) is 8.45. The Morgan fingerprint density at radius 3 is 2.81 bits per heavy atom. The van der Waals surface area contributed by atoms with Crippen molar-refractivity contribution < 1.29 is 5.21 Å². The van der Waals surface area contributed by atoms with E-state index in [2.05, 4.69) is 29.0 Å². The lowest BCUT2D eigenvalue weighted by Gasteiger charge is -2.11. The van der Waals surface area contributed by atoms with Gasteiger partial charge in [-0.1, -0.05) is 37.2 Å². The van der Waals surface area contributed by atoms with Crippen LogP contribution >= 0.6 is 0 Å². The van der Waals surface area contributed by atoms with E-state index in [-0.39, 0.29) is 0 Å². The maximum absolute atomic E-state index is 8.86. The summed E-state index contributed by atoms with van der Waals surface area (Å²) in [4.78, 5) is 8.86. The number of imidazole rings is 1. The number of rotatable bonds is 3. The number of hydrogen-bond acceptors (Lipinski definition) is 5. The molecular formula is C15H17N5O. The summed E-state index contributed by atoms with van der Waals surface area (Å²) < 4.78 is 2.03. The Morgan fingerprint density at radius 1 is 1.33 bits per heavy atom. The lowest BCUT2D eigenvalue weighted by Crippen LogP contribution is -2.08. The summed E-state index contributed by atoms with van der Waals surface area (Å²) in [6.07, 6.45) is 1.33. The Kier molecular flexibility index (Phi) is 3.21. The van der Waals surface area contributed by atoms with Crippen LogP contribution in [0.1, 0.15) is 19.7 Å². The quantitative estimate of drug-likeness (QED) is 0.439. The third-order valence-corrected chi connectivity index (χ3v) is 3.36. The van der Waals surface area contributed by atoms with Crippen LogP contribution in [0.5, 0.6) is 0 Å². The van der Waals surface area contributed by atoms with Gasteiger partial charge in [0.2, 0.25) is 0 Å². The predicted molar refractivity (Wildman–Crippen MR) is 83.7 cm³/mol. The maximum atomic E-state index is 8.86. The molecule has 3 aromatic rings. The van der Waals surface area contributed by atoms with Crippen LogP contribution in [-0.2, 0) is 6.54 Å². The highest BCUT2D eigenvalue weighted by molar-refractivity contribution is 6.07. The molecule has 21 heavy (non-hydrogen) atoms. The van der Waals surface area contributed by atoms with E-state index >= 15 is 0 Å². The molecule has 2 aromatic heterocycles. The van der Waals surface area contributed by atoms with Gasteiger partial charge in [0.05, 0.1) is 11.0 Å². The highest BCUT2D eigenvalue weighted by Gasteiger charge is 2.16. The monoisotopic (exact) mass is 283 g/mol. The number of aromatic nitrogens is 3. The summed E-state index contributed by atoms with van der Waals surface area (Å²) in [7, 11) is 0. The van der Waals surface area contributed by atoms with Gasteiger partial charge < -0.3 is 15.5 Å². The second-order valence-corrected chi connectivity index (χ2v) is 5.43. The van der Waals surface area contributed by atoms with Crippen molar-refractivity contribution >= 4 is 34.0 Å². The Labute approximate surface area is 121 Å². The third-order valence-electron chi connectivity index (χ3n) is 3.36. The van der Waals surface area contributed by atoms with Crippen molar-refractivity contribution in [2.45, 2.75) is 20.4 Å². The number of benzene rings is 1. The Morgan fingerprint density at radius 2 is 2.10 bits per heavy atom. The van der Waals surface area contributed by atoms with Gasteiger partial charge in [-0.25, -0.2) is 9.97 Å². The van der Waals surface area contributed by atoms with Crippen LogP contribution in [0.25, 0.3) is 21.9 Å². The number of nitrogen functional groups attached to an aromatic ring is 1. The number of anilines is 1. The average Bonchev–Trinajstić information content (AvgIpc) is 2.79. The molecule has 0 unspecified atom stereocenters. The minimum absolute atomic E-state index is 0.388. The highest BCUT2D eigenvalue weighted by atomic mass is 16.4. The molecule has 0 radical (unpaired) electrons. The fourth-order valence-electron chi connectivity index (χ4n) is 2.58. The molecule has 108 valence electrons. The van der Waals surface area contributed by atoms with Crippen molar-refractivity contribution in [3.05, 3.63) is 30.1 Å². The van der Waals surface area contributed by atoms with Crippen LogP contribution in [-0.4, -0.2) is 26.0 Å². The van der Waals surface area contributed by atoms with E-state index in [1.165, 1.54) is 6.21 Å². The molecule has 1 aromatic carbocycles. The van der Waals surface area contributed by atoms with Crippen LogP contribution in [0.2, 0.25) is 0 Å². The molecule has 0 amide bonds. The molecule has 3 N–H and O–H groups in total. The number of para-hydroxylation sites is 1. The summed E-state index contributed by atoms with van der Waals surface area (Å²) in [6, 6.07) is 7.83. The van der Waals surface area contributed by atoms with E-state index in [0.29, 0.717) is 23.1 Å². The van der Waals surface area contributed by atoms with E-state index in [1.807, 2.05) is 28.8 Å². The first kappa shape index (κ1) is 13.4. The van der Waals surface area contributed by atoms with Crippen LogP contribution in [0, 0.1) is 5.92 Å². The number of hydrogen-bond donors (Lipinski definition) is 2. The van der Waals surface area contributed by atoms with Crippen LogP contribution in [0.15, 0.2) is 29.4 Å². The first-order valence-corrected chi connectivity index (χ1v) is 6.83. The number of nitrogens with two attached hydrogens (primary N) is 1. The van der Waals surface area contributed by atoms with Crippen molar-refractivity contribution in [3.8, 4) is 0 Å². The molecule has 0 atom stereocenters. The normalized spacial score (nSPS) is 12.1. The Bertz CT molecular complexity index is 835. The van der Waals surface area contributed by atoms with E-state index in [9.17, 15) is 0 Å². The fraction of sp³-hybridized carbons (Fsp3) is 0.267. The van der Waals surface area contributed by atoms with Crippen molar-refractivity contribution in [3.63, 3.8) is 0 Å². The molecule has 6 nitrogen and oxygen atoms in total. The molecule has 3 rings (SSSR count).